The van der Waals surface area contributed by atoms with Crippen LogP contribution in [0.3, 0.4) is 0 Å². The average molecular weight is 245 g/mol. The summed E-state index contributed by atoms with van der Waals surface area (Å²) in [6.07, 6.45) is 0. The number of ether oxygens (including phenoxy) is 1. The summed E-state index contributed by atoms with van der Waals surface area (Å²) in [5.41, 5.74) is 1.15. The van der Waals surface area contributed by atoms with Gasteiger partial charge in [-0.05, 0) is 12.1 Å². The third-order valence-corrected chi connectivity index (χ3v) is 2.40. The van der Waals surface area contributed by atoms with Gasteiger partial charge in [0, 0.05) is 11.6 Å². The van der Waals surface area contributed by atoms with Gasteiger partial charge >= 0.3 is 0 Å². The molecule has 1 N–H and O–H groups in total. The second-order valence-corrected chi connectivity index (χ2v) is 3.66. The van der Waals surface area contributed by atoms with E-state index in [-0.39, 0.29) is 12.4 Å². The van der Waals surface area contributed by atoms with Crippen LogP contribution in [0.25, 0.3) is 0 Å². The Bertz CT molecular complexity index is 541. The smallest absolute Gasteiger partial charge is 0.134 e. The van der Waals surface area contributed by atoms with Crippen molar-refractivity contribution >= 4 is 5.71 Å². The first-order chi connectivity index (χ1) is 8.79. The summed E-state index contributed by atoms with van der Waals surface area (Å²) >= 11 is 0. The Labute approximate surface area is 104 Å². The molecule has 0 aliphatic carbocycles. The number of hydrogen-bond acceptors (Lipinski definition) is 3. The van der Waals surface area contributed by atoms with Crippen LogP contribution in [-0.2, 0) is 0 Å². The summed E-state index contributed by atoms with van der Waals surface area (Å²) in [6.45, 7) is 0.0734. The van der Waals surface area contributed by atoms with Crippen LogP contribution >= 0.6 is 0 Å². The minimum Gasteiger partial charge on any atom is -0.487 e. The molecule has 92 valence electrons. The normalized spacial score (nSPS) is 11.3. The van der Waals surface area contributed by atoms with Crippen molar-refractivity contribution in [2.24, 2.45) is 5.16 Å². The predicted octanol–water partition coefficient (Wildman–Crippen LogP) is 3.08. The van der Waals surface area contributed by atoms with Gasteiger partial charge in [0.15, 0.2) is 0 Å². The number of rotatable bonds is 4. The highest BCUT2D eigenvalue weighted by atomic mass is 19.1. The van der Waals surface area contributed by atoms with Crippen LogP contribution in [0.15, 0.2) is 59.8 Å². The highest BCUT2D eigenvalue weighted by molar-refractivity contribution is 6.01. The van der Waals surface area contributed by atoms with E-state index in [1.807, 2.05) is 30.3 Å². The van der Waals surface area contributed by atoms with Gasteiger partial charge in [-0.2, -0.15) is 0 Å². The molecule has 0 unspecified atom stereocenters. The van der Waals surface area contributed by atoms with Gasteiger partial charge in [-0.15, -0.1) is 0 Å². The van der Waals surface area contributed by atoms with E-state index < -0.39 is 0 Å². The third-order valence-electron chi connectivity index (χ3n) is 2.40. The molecule has 0 aliphatic heterocycles. The van der Waals surface area contributed by atoms with Crippen molar-refractivity contribution in [3.63, 3.8) is 0 Å². The van der Waals surface area contributed by atoms with E-state index in [1.165, 1.54) is 12.1 Å². The van der Waals surface area contributed by atoms with Crippen LogP contribution in [-0.4, -0.2) is 17.5 Å². The van der Waals surface area contributed by atoms with Crippen LogP contribution in [0.5, 0.6) is 5.75 Å². The van der Waals surface area contributed by atoms with E-state index in [0.29, 0.717) is 11.5 Å². The first kappa shape index (κ1) is 12.1. The molecule has 0 amide bonds. The van der Waals surface area contributed by atoms with Gasteiger partial charge in [0.05, 0.1) is 0 Å². The maximum absolute atomic E-state index is 12.9. The first-order valence-electron chi connectivity index (χ1n) is 5.44. The lowest BCUT2D eigenvalue weighted by Gasteiger charge is -2.07. The van der Waals surface area contributed by atoms with Crippen LogP contribution in [0.1, 0.15) is 5.56 Å². The molecule has 2 aromatic rings. The molecule has 0 radical (unpaired) electrons. The Morgan fingerprint density at radius 2 is 1.89 bits per heavy atom. The van der Waals surface area contributed by atoms with Crippen molar-refractivity contribution in [3.8, 4) is 5.75 Å². The molecule has 0 aliphatic rings. The van der Waals surface area contributed by atoms with Crippen LogP contribution in [0, 0.1) is 5.82 Å². The van der Waals surface area contributed by atoms with Crippen molar-refractivity contribution in [1.29, 1.82) is 0 Å². The number of hydrogen-bond donors (Lipinski definition) is 1. The van der Waals surface area contributed by atoms with Gasteiger partial charge in [-0.3, -0.25) is 0 Å². The maximum atomic E-state index is 12.9. The average Bonchev–Trinajstić information content (AvgIpc) is 2.41. The van der Waals surface area contributed by atoms with Crippen molar-refractivity contribution in [1.82, 2.24) is 0 Å². The van der Waals surface area contributed by atoms with E-state index in [2.05, 4.69) is 5.16 Å². The monoisotopic (exact) mass is 245 g/mol. The summed E-state index contributed by atoms with van der Waals surface area (Å²) in [6, 6.07) is 15.0. The highest BCUT2D eigenvalue weighted by Gasteiger charge is 2.05. The van der Waals surface area contributed by atoms with E-state index in [4.69, 9.17) is 9.94 Å². The van der Waals surface area contributed by atoms with Gasteiger partial charge in [0.25, 0.3) is 0 Å². The molecule has 4 heteroatoms. The minimum atomic E-state index is -0.366. The van der Waals surface area contributed by atoms with Crippen molar-refractivity contribution in [2.75, 3.05) is 6.61 Å². The molecule has 2 aromatic carbocycles. The standard InChI is InChI=1S/C14H12FNO2/c15-12-7-4-8-13(9-12)18-10-14(16-17)11-5-2-1-3-6-11/h1-9,17H,10H2/b16-14+. The summed E-state index contributed by atoms with van der Waals surface area (Å²) in [5.74, 6) is 0.0294. The summed E-state index contributed by atoms with van der Waals surface area (Å²) < 4.78 is 18.3. The molecule has 0 saturated heterocycles. The first-order valence-corrected chi connectivity index (χ1v) is 5.44. The van der Waals surface area contributed by atoms with Crippen LogP contribution in [0.2, 0.25) is 0 Å². The Hall–Kier alpha value is -2.36. The Morgan fingerprint density at radius 1 is 1.11 bits per heavy atom. The SMILES string of the molecule is O/N=C(\COc1cccc(F)c1)c1ccccc1. The molecule has 0 heterocycles. The number of benzene rings is 2. The van der Waals surface area contributed by atoms with Gasteiger partial charge in [-0.1, -0.05) is 41.6 Å². The molecule has 0 bridgehead atoms. The van der Waals surface area contributed by atoms with E-state index in [0.717, 1.165) is 5.56 Å². The van der Waals surface area contributed by atoms with Gasteiger partial charge < -0.3 is 9.94 Å². The zero-order chi connectivity index (χ0) is 12.8. The molecular weight excluding hydrogens is 233 g/mol. The molecule has 0 aromatic heterocycles. The fourth-order valence-corrected chi connectivity index (χ4v) is 1.51. The fourth-order valence-electron chi connectivity index (χ4n) is 1.51. The summed E-state index contributed by atoms with van der Waals surface area (Å²) in [4.78, 5) is 0. The Kier molecular flexibility index (Phi) is 3.91. The van der Waals surface area contributed by atoms with E-state index >= 15 is 0 Å². The third kappa shape index (κ3) is 3.07. The lowest BCUT2D eigenvalue weighted by molar-refractivity contribution is 0.308. The van der Waals surface area contributed by atoms with Crippen LogP contribution < -0.4 is 4.74 Å². The Morgan fingerprint density at radius 3 is 2.56 bits per heavy atom. The maximum Gasteiger partial charge on any atom is 0.134 e. The van der Waals surface area contributed by atoms with E-state index in [9.17, 15) is 4.39 Å². The molecule has 2 rings (SSSR count). The summed E-state index contributed by atoms with van der Waals surface area (Å²) in [7, 11) is 0. The zero-order valence-corrected chi connectivity index (χ0v) is 9.58. The molecule has 3 nitrogen and oxygen atoms in total. The van der Waals surface area contributed by atoms with Crippen molar-refractivity contribution in [2.45, 2.75) is 0 Å². The van der Waals surface area contributed by atoms with Gasteiger partial charge in [0.1, 0.15) is 23.9 Å². The molecule has 0 atom stereocenters. The number of nitrogens with zero attached hydrogens (tertiary/aromatic N) is 1. The van der Waals surface area contributed by atoms with Crippen LogP contribution in [0.4, 0.5) is 4.39 Å². The lowest BCUT2D eigenvalue weighted by atomic mass is 10.1. The second kappa shape index (κ2) is 5.82. The topological polar surface area (TPSA) is 41.8 Å². The summed E-state index contributed by atoms with van der Waals surface area (Å²) in [5, 5.41) is 12.1. The molecule has 0 saturated carbocycles. The lowest BCUT2D eigenvalue weighted by Crippen LogP contribution is -2.13. The number of halogens is 1. The molecule has 18 heavy (non-hydrogen) atoms. The molecule has 0 spiro atoms. The zero-order valence-electron chi connectivity index (χ0n) is 9.58. The quantitative estimate of drug-likeness (QED) is 0.511. The van der Waals surface area contributed by atoms with Gasteiger partial charge in [0.2, 0.25) is 0 Å². The fraction of sp³-hybridized carbons (Fsp3) is 0.0714. The predicted molar refractivity (Wildman–Crippen MR) is 66.7 cm³/mol. The number of oxime groups is 1. The largest absolute Gasteiger partial charge is 0.487 e. The molecule has 0 fully saturated rings. The second-order valence-electron chi connectivity index (χ2n) is 3.66. The highest BCUT2D eigenvalue weighted by Crippen LogP contribution is 2.12. The van der Waals surface area contributed by atoms with Gasteiger partial charge in [-0.25, -0.2) is 4.39 Å². The van der Waals surface area contributed by atoms with Crippen molar-refractivity contribution < 1.29 is 14.3 Å². The Balaban J connectivity index is 2.05. The van der Waals surface area contributed by atoms with E-state index in [1.54, 1.807) is 12.1 Å². The molecular formula is C14H12FNO2. The minimum absolute atomic E-state index is 0.0734. The van der Waals surface area contributed by atoms with Crippen molar-refractivity contribution in [3.05, 3.63) is 66.0 Å².